The van der Waals surface area contributed by atoms with Crippen molar-refractivity contribution in [2.75, 3.05) is 38.0 Å². The summed E-state index contributed by atoms with van der Waals surface area (Å²) in [5.74, 6) is -0.512. The van der Waals surface area contributed by atoms with Crippen molar-refractivity contribution in [2.45, 2.75) is 63.3 Å². The number of carbonyl (C=O) groups excluding carboxylic acids is 3. The molecule has 1 unspecified atom stereocenters. The van der Waals surface area contributed by atoms with Crippen LogP contribution in [0.3, 0.4) is 0 Å². The maximum Gasteiger partial charge on any atom is 0.573 e. The van der Waals surface area contributed by atoms with Gasteiger partial charge in [-0.25, -0.2) is 0 Å². The highest BCUT2D eigenvalue weighted by Crippen LogP contribution is 2.37. The molecule has 5 heterocycles. The van der Waals surface area contributed by atoms with E-state index in [1.165, 1.54) is 16.8 Å². The van der Waals surface area contributed by atoms with Crippen LogP contribution in [0.1, 0.15) is 55.6 Å². The van der Waals surface area contributed by atoms with Gasteiger partial charge in [-0.15, -0.1) is 13.2 Å². The van der Waals surface area contributed by atoms with Crippen LogP contribution < -0.4 is 20.9 Å². The van der Waals surface area contributed by atoms with Crippen LogP contribution in [0.15, 0.2) is 65.8 Å². The maximum absolute atomic E-state index is 13.6. The molecule has 55 heavy (non-hydrogen) atoms. The minimum atomic E-state index is -4.88. The van der Waals surface area contributed by atoms with E-state index in [-0.39, 0.29) is 47.3 Å². The molecule has 3 aliphatic heterocycles. The van der Waals surface area contributed by atoms with E-state index in [0.29, 0.717) is 83.7 Å². The molecule has 3 fully saturated rings. The van der Waals surface area contributed by atoms with Crippen molar-refractivity contribution in [1.82, 2.24) is 24.7 Å². The summed E-state index contributed by atoms with van der Waals surface area (Å²) < 4.78 is 46.8. The predicted octanol–water partition coefficient (Wildman–Crippen LogP) is 6.03. The first-order chi connectivity index (χ1) is 26.3. The minimum Gasteiger partial charge on any atom is -0.405 e. The number of piperidine rings is 3. The molecule has 0 radical (unpaired) electrons. The third-order valence-electron chi connectivity index (χ3n) is 11.0. The van der Waals surface area contributed by atoms with Gasteiger partial charge in [-0.05, 0) is 110 Å². The standard InChI is InChI=1S/C40H42ClF3N6O5/c1-48-22-32(30-8-13-45-21-31(30)39(48)54)26-2-3-27(35(19-26)55-40(42,43)44)18-24-9-14-49(15-10-24)23-37(52)50-16-11-25(12-17-50)29-5-4-28(20-33(29)41)46-34-6-7-36(51)47-38(34)53/h2-5,8,13,19-22,24-25,34,46H,6-7,9-12,14-18,23H2,1H3,(H,47,51,53). The lowest BCUT2D eigenvalue weighted by atomic mass is 9.88. The Bertz CT molecular complexity index is 2160. The quantitative estimate of drug-likeness (QED) is 0.198. The van der Waals surface area contributed by atoms with Crippen molar-refractivity contribution in [3.8, 4) is 16.9 Å². The maximum atomic E-state index is 13.6. The fourth-order valence-corrected chi connectivity index (χ4v) is 8.36. The predicted molar refractivity (Wildman–Crippen MR) is 202 cm³/mol. The third-order valence-corrected chi connectivity index (χ3v) is 11.4. The number of halogens is 4. The Morgan fingerprint density at radius 3 is 2.45 bits per heavy atom. The van der Waals surface area contributed by atoms with Crippen molar-refractivity contribution in [1.29, 1.82) is 0 Å². The van der Waals surface area contributed by atoms with E-state index < -0.39 is 12.4 Å². The Kier molecular flexibility index (Phi) is 11.2. The largest absolute Gasteiger partial charge is 0.573 e. The summed E-state index contributed by atoms with van der Waals surface area (Å²) >= 11 is 6.68. The van der Waals surface area contributed by atoms with Gasteiger partial charge in [0.25, 0.3) is 5.56 Å². The van der Waals surface area contributed by atoms with E-state index in [4.69, 9.17) is 11.6 Å². The highest BCUT2D eigenvalue weighted by Gasteiger charge is 2.34. The van der Waals surface area contributed by atoms with Gasteiger partial charge in [-0.1, -0.05) is 29.8 Å². The smallest absolute Gasteiger partial charge is 0.405 e. The summed E-state index contributed by atoms with van der Waals surface area (Å²) in [6.45, 7) is 2.83. The Balaban J connectivity index is 0.918. The molecular weight excluding hydrogens is 737 g/mol. The van der Waals surface area contributed by atoms with Crippen LogP contribution >= 0.6 is 11.6 Å². The second-order valence-corrected chi connectivity index (χ2v) is 15.1. The van der Waals surface area contributed by atoms with Crippen LogP contribution in [0.2, 0.25) is 5.02 Å². The summed E-state index contributed by atoms with van der Waals surface area (Å²) in [6, 6.07) is 11.7. The minimum absolute atomic E-state index is 0.0601. The first-order valence-electron chi connectivity index (χ1n) is 18.5. The van der Waals surface area contributed by atoms with Gasteiger partial charge in [-0.3, -0.25) is 34.4 Å². The summed E-state index contributed by atoms with van der Waals surface area (Å²) in [5, 5.41) is 7.06. The van der Waals surface area contributed by atoms with Gasteiger partial charge in [0.1, 0.15) is 11.8 Å². The Hall–Kier alpha value is -4.95. The van der Waals surface area contributed by atoms with E-state index in [9.17, 15) is 32.3 Å². The van der Waals surface area contributed by atoms with Gasteiger partial charge in [0, 0.05) is 61.4 Å². The van der Waals surface area contributed by atoms with Gasteiger partial charge in [0.05, 0.1) is 11.9 Å². The first kappa shape index (κ1) is 38.3. The highest BCUT2D eigenvalue weighted by molar-refractivity contribution is 6.31. The van der Waals surface area contributed by atoms with Crippen LogP contribution in [-0.4, -0.2) is 82.2 Å². The molecule has 11 nitrogen and oxygen atoms in total. The highest BCUT2D eigenvalue weighted by atomic mass is 35.5. The molecule has 2 N–H and O–H groups in total. The number of nitrogens with zero attached hydrogens (tertiary/aromatic N) is 4. The Morgan fingerprint density at radius 1 is 0.982 bits per heavy atom. The molecule has 0 bridgehead atoms. The first-order valence-corrected chi connectivity index (χ1v) is 18.9. The zero-order valence-electron chi connectivity index (χ0n) is 30.3. The van der Waals surface area contributed by atoms with Gasteiger partial charge < -0.3 is 19.5 Å². The molecule has 0 saturated carbocycles. The fraction of sp³-hybridized carbons (Fsp3) is 0.425. The monoisotopic (exact) mass is 778 g/mol. The molecule has 15 heteroatoms. The van der Waals surface area contributed by atoms with Crippen molar-refractivity contribution >= 4 is 45.8 Å². The number of aromatic nitrogens is 2. The Labute approximate surface area is 320 Å². The van der Waals surface area contributed by atoms with Crippen LogP contribution in [-0.2, 0) is 27.9 Å². The number of pyridine rings is 2. The summed E-state index contributed by atoms with van der Waals surface area (Å²) in [4.78, 5) is 57.6. The molecule has 3 amide bonds. The molecule has 3 saturated heterocycles. The Morgan fingerprint density at radius 2 is 1.75 bits per heavy atom. The van der Waals surface area contributed by atoms with Crippen molar-refractivity contribution in [2.24, 2.45) is 13.0 Å². The number of rotatable bonds is 9. The van der Waals surface area contributed by atoms with E-state index in [2.05, 4.69) is 25.3 Å². The molecule has 0 aliphatic carbocycles. The number of hydrogen-bond acceptors (Lipinski definition) is 8. The van der Waals surface area contributed by atoms with E-state index in [0.717, 1.165) is 31.2 Å². The number of ether oxygens (including phenoxy) is 1. The van der Waals surface area contributed by atoms with Crippen molar-refractivity contribution in [3.63, 3.8) is 0 Å². The number of nitrogens with one attached hydrogen (secondary N) is 2. The molecule has 4 aromatic rings. The summed E-state index contributed by atoms with van der Waals surface area (Å²) in [6.07, 6.45) is 3.82. The molecule has 3 aliphatic rings. The number of imide groups is 1. The van der Waals surface area contributed by atoms with Crippen LogP contribution in [0, 0.1) is 5.92 Å². The number of aryl methyl sites for hydroxylation is 1. The molecule has 1 atom stereocenters. The average Bonchev–Trinajstić information content (AvgIpc) is 3.15. The normalized spacial score (nSPS) is 19.1. The van der Waals surface area contributed by atoms with Gasteiger partial charge >= 0.3 is 6.36 Å². The number of hydrogen-bond donors (Lipinski definition) is 2. The lowest BCUT2D eigenvalue weighted by Gasteiger charge is -2.36. The summed E-state index contributed by atoms with van der Waals surface area (Å²) in [7, 11) is 1.59. The van der Waals surface area contributed by atoms with E-state index in [1.54, 1.807) is 43.7 Å². The average molecular weight is 779 g/mol. The van der Waals surface area contributed by atoms with E-state index >= 15 is 0 Å². The summed E-state index contributed by atoms with van der Waals surface area (Å²) in [5.41, 5.74) is 3.00. The number of anilines is 1. The third kappa shape index (κ3) is 8.97. The second-order valence-electron chi connectivity index (χ2n) is 14.7. The number of carbonyl (C=O) groups is 3. The van der Waals surface area contributed by atoms with Gasteiger partial charge in [0.15, 0.2) is 0 Å². The number of likely N-dealkylation sites (tertiary alicyclic amines) is 2. The van der Waals surface area contributed by atoms with Crippen molar-refractivity contribution < 1.29 is 32.3 Å². The lowest BCUT2D eigenvalue weighted by molar-refractivity contribution is -0.274. The van der Waals surface area contributed by atoms with Gasteiger partial charge in [0.2, 0.25) is 17.7 Å². The fourth-order valence-electron chi connectivity index (χ4n) is 8.02. The van der Waals surface area contributed by atoms with Crippen molar-refractivity contribution in [3.05, 3.63) is 87.6 Å². The number of alkyl halides is 3. The molecule has 0 spiro atoms. The van der Waals surface area contributed by atoms with Crippen LogP contribution in [0.25, 0.3) is 21.9 Å². The second kappa shape index (κ2) is 16.0. The van der Waals surface area contributed by atoms with E-state index in [1.807, 2.05) is 17.0 Å². The lowest BCUT2D eigenvalue weighted by Crippen LogP contribution is -2.47. The zero-order chi connectivity index (χ0) is 38.9. The number of amides is 3. The molecule has 290 valence electrons. The molecule has 2 aromatic carbocycles. The number of benzene rings is 2. The SMILES string of the molecule is Cn1cc(-c2ccc(CC3CCN(CC(=O)N4CCC(c5ccc(NC6CCC(=O)NC6=O)cc5Cl)CC4)CC3)c(OC(F)(F)F)c2)c2ccncc2c1=O. The molecule has 2 aromatic heterocycles. The molecular formula is C40H42ClF3N6O5. The number of fused-ring (bicyclic) bond motifs is 1. The topological polar surface area (TPSA) is 126 Å². The van der Waals surface area contributed by atoms with Gasteiger partial charge in [-0.2, -0.15) is 0 Å². The molecule has 7 rings (SSSR count). The zero-order valence-corrected chi connectivity index (χ0v) is 31.1. The van der Waals surface area contributed by atoms with Crippen LogP contribution in [0.4, 0.5) is 18.9 Å². The van der Waals surface area contributed by atoms with Crippen LogP contribution in [0.5, 0.6) is 5.75 Å².